The number of esters is 2. The highest BCUT2D eigenvalue weighted by Gasteiger charge is 2.08. The van der Waals surface area contributed by atoms with E-state index in [1.54, 1.807) is 0 Å². The van der Waals surface area contributed by atoms with E-state index in [1.165, 1.54) is 0 Å². The van der Waals surface area contributed by atoms with Crippen molar-refractivity contribution < 1.29 is 14.3 Å². The van der Waals surface area contributed by atoms with Crippen LogP contribution in [0.1, 0.15) is 45.4 Å². The molecular formula is C10H17BrO3. The summed E-state index contributed by atoms with van der Waals surface area (Å²) in [5.41, 5.74) is 0. The zero-order chi connectivity index (χ0) is 10.8. The van der Waals surface area contributed by atoms with Crippen LogP contribution in [-0.2, 0) is 14.3 Å². The number of carbonyl (C=O) groups excluding carboxylic acids is 2. The minimum atomic E-state index is -0.396. The second-order valence-electron chi connectivity index (χ2n) is 3.10. The first kappa shape index (κ1) is 13.6. The fourth-order valence-corrected chi connectivity index (χ4v) is 1.31. The molecule has 0 saturated carbocycles. The van der Waals surface area contributed by atoms with Crippen LogP contribution in [0.2, 0.25) is 0 Å². The molecule has 0 unspecified atom stereocenters. The Morgan fingerprint density at radius 1 is 1.07 bits per heavy atom. The van der Waals surface area contributed by atoms with Gasteiger partial charge in [-0.2, -0.15) is 0 Å². The SMILES string of the molecule is CCCCC(=O)OC(=O)CCCCBr. The van der Waals surface area contributed by atoms with Gasteiger partial charge >= 0.3 is 11.9 Å². The fraction of sp³-hybridized carbons (Fsp3) is 0.800. The van der Waals surface area contributed by atoms with E-state index in [1.807, 2.05) is 6.92 Å². The second-order valence-corrected chi connectivity index (χ2v) is 3.89. The minimum Gasteiger partial charge on any atom is -0.393 e. The Balaban J connectivity index is 3.45. The normalized spacial score (nSPS) is 9.86. The van der Waals surface area contributed by atoms with Gasteiger partial charge in [0.25, 0.3) is 0 Å². The first-order valence-electron chi connectivity index (χ1n) is 5.00. The Kier molecular flexibility index (Phi) is 8.94. The monoisotopic (exact) mass is 264 g/mol. The molecule has 14 heavy (non-hydrogen) atoms. The molecule has 0 aliphatic rings. The van der Waals surface area contributed by atoms with Crippen LogP contribution >= 0.6 is 15.9 Å². The summed E-state index contributed by atoms with van der Waals surface area (Å²) < 4.78 is 4.61. The van der Waals surface area contributed by atoms with Crippen molar-refractivity contribution in [1.82, 2.24) is 0 Å². The Morgan fingerprint density at radius 3 is 2.14 bits per heavy atom. The van der Waals surface area contributed by atoms with Crippen molar-refractivity contribution in [2.75, 3.05) is 5.33 Å². The third kappa shape index (κ3) is 8.23. The summed E-state index contributed by atoms with van der Waals surface area (Å²) in [6.07, 6.45) is 4.11. The standard InChI is InChI=1S/C10H17BrO3/c1-2-3-6-9(12)14-10(13)7-4-5-8-11/h2-8H2,1H3. The molecular weight excluding hydrogens is 248 g/mol. The van der Waals surface area contributed by atoms with Gasteiger partial charge in [0.05, 0.1) is 0 Å². The first-order chi connectivity index (χ1) is 6.70. The zero-order valence-electron chi connectivity index (χ0n) is 8.55. The lowest BCUT2D eigenvalue weighted by atomic mass is 10.2. The summed E-state index contributed by atoms with van der Waals surface area (Å²) >= 11 is 3.27. The highest BCUT2D eigenvalue weighted by atomic mass is 79.9. The lowest BCUT2D eigenvalue weighted by molar-refractivity contribution is -0.159. The summed E-state index contributed by atoms with van der Waals surface area (Å²) in [7, 11) is 0. The smallest absolute Gasteiger partial charge is 0.313 e. The van der Waals surface area contributed by atoms with Crippen molar-refractivity contribution in [2.45, 2.75) is 45.4 Å². The van der Waals surface area contributed by atoms with Crippen molar-refractivity contribution >= 4 is 27.9 Å². The molecule has 0 radical (unpaired) electrons. The molecule has 0 atom stereocenters. The maximum absolute atomic E-state index is 11.0. The van der Waals surface area contributed by atoms with E-state index in [4.69, 9.17) is 0 Å². The van der Waals surface area contributed by atoms with Gasteiger partial charge in [0, 0.05) is 18.2 Å². The fourth-order valence-electron chi connectivity index (χ4n) is 0.914. The van der Waals surface area contributed by atoms with E-state index in [0.29, 0.717) is 12.8 Å². The van der Waals surface area contributed by atoms with E-state index in [0.717, 1.165) is 31.0 Å². The van der Waals surface area contributed by atoms with Crippen molar-refractivity contribution in [1.29, 1.82) is 0 Å². The molecule has 3 nitrogen and oxygen atoms in total. The molecule has 0 aliphatic carbocycles. The van der Waals surface area contributed by atoms with Crippen LogP contribution in [0.15, 0.2) is 0 Å². The summed E-state index contributed by atoms with van der Waals surface area (Å²) in [6.45, 7) is 1.99. The molecule has 0 rings (SSSR count). The quantitative estimate of drug-likeness (QED) is 0.307. The van der Waals surface area contributed by atoms with Gasteiger partial charge in [-0.3, -0.25) is 9.59 Å². The molecule has 0 aromatic rings. The van der Waals surface area contributed by atoms with Gasteiger partial charge in [-0.25, -0.2) is 0 Å². The topological polar surface area (TPSA) is 43.4 Å². The maximum Gasteiger partial charge on any atom is 0.313 e. The summed E-state index contributed by atoms with van der Waals surface area (Å²) in [5, 5.41) is 0.879. The highest BCUT2D eigenvalue weighted by Crippen LogP contribution is 2.02. The molecule has 0 bridgehead atoms. The number of unbranched alkanes of at least 4 members (excludes halogenated alkanes) is 2. The Morgan fingerprint density at radius 2 is 1.64 bits per heavy atom. The average molecular weight is 265 g/mol. The second kappa shape index (κ2) is 9.19. The van der Waals surface area contributed by atoms with E-state index in [-0.39, 0.29) is 0 Å². The third-order valence-corrected chi connectivity index (χ3v) is 2.29. The molecule has 0 fully saturated rings. The zero-order valence-corrected chi connectivity index (χ0v) is 10.1. The van der Waals surface area contributed by atoms with Crippen LogP contribution in [0.25, 0.3) is 0 Å². The van der Waals surface area contributed by atoms with E-state index in [2.05, 4.69) is 20.7 Å². The van der Waals surface area contributed by atoms with Crippen LogP contribution in [0, 0.1) is 0 Å². The van der Waals surface area contributed by atoms with Crippen molar-refractivity contribution in [3.8, 4) is 0 Å². The average Bonchev–Trinajstić information content (AvgIpc) is 2.15. The van der Waals surface area contributed by atoms with Gasteiger partial charge in [0.2, 0.25) is 0 Å². The van der Waals surface area contributed by atoms with Gasteiger partial charge in [-0.1, -0.05) is 29.3 Å². The van der Waals surface area contributed by atoms with E-state index in [9.17, 15) is 9.59 Å². The van der Waals surface area contributed by atoms with E-state index >= 15 is 0 Å². The largest absolute Gasteiger partial charge is 0.393 e. The molecule has 0 saturated heterocycles. The predicted molar refractivity (Wildman–Crippen MR) is 58.3 cm³/mol. The summed E-state index contributed by atoms with van der Waals surface area (Å²) in [4.78, 5) is 22.0. The van der Waals surface area contributed by atoms with Crippen LogP contribution in [-0.4, -0.2) is 17.3 Å². The Hall–Kier alpha value is -0.380. The third-order valence-electron chi connectivity index (χ3n) is 1.73. The molecule has 0 aliphatic heterocycles. The molecule has 4 heteroatoms. The molecule has 0 amide bonds. The number of rotatable bonds is 7. The number of carbonyl (C=O) groups is 2. The highest BCUT2D eigenvalue weighted by molar-refractivity contribution is 9.09. The summed E-state index contributed by atoms with van der Waals surface area (Å²) in [6, 6.07) is 0. The van der Waals surface area contributed by atoms with Gasteiger partial charge in [-0.05, 0) is 19.3 Å². The molecule has 0 heterocycles. The lowest BCUT2D eigenvalue weighted by Crippen LogP contribution is -2.11. The molecule has 0 aromatic heterocycles. The number of ether oxygens (including phenoxy) is 1. The summed E-state index contributed by atoms with van der Waals surface area (Å²) in [5.74, 6) is -0.789. The molecule has 82 valence electrons. The van der Waals surface area contributed by atoms with Gasteiger partial charge in [0.1, 0.15) is 0 Å². The van der Waals surface area contributed by atoms with Crippen LogP contribution in [0.3, 0.4) is 0 Å². The Labute approximate surface area is 93.3 Å². The van der Waals surface area contributed by atoms with Gasteiger partial charge in [0.15, 0.2) is 0 Å². The van der Waals surface area contributed by atoms with E-state index < -0.39 is 11.9 Å². The van der Waals surface area contributed by atoms with Crippen LogP contribution in [0.4, 0.5) is 0 Å². The van der Waals surface area contributed by atoms with Gasteiger partial charge in [-0.15, -0.1) is 0 Å². The minimum absolute atomic E-state index is 0.337. The lowest BCUT2D eigenvalue weighted by Gasteiger charge is -2.01. The Bertz CT molecular complexity index is 180. The van der Waals surface area contributed by atoms with Crippen LogP contribution < -0.4 is 0 Å². The number of halogens is 1. The molecule has 0 spiro atoms. The van der Waals surface area contributed by atoms with Crippen molar-refractivity contribution in [3.05, 3.63) is 0 Å². The van der Waals surface area contributed by atoms with Gasteiger partial charge < -0.3 is 4.74 Å². The van der Waals surface area contributed by atoms with Crippen molar-refractivity contribution in [2.24, 2.45) is 0 Å². The molecule has 0 aromatic carbocycles. The van der Waals surface area contributed by atoms with Crippen molar-refractivity contribution in [3.63, 3.8) is 0 Å². The number of hydrogen-bond donors (Lipinski definition) is 0. The number of alkyl halides is 1. The first-order valence-corrected chi connectivity index (χ1v) is 6.12. The van der Waals surface area contributed by atoms with Crippen LogP contribution in [0.5, 0.6) is 0 Å². The molecule has 0 N–H and O–H groups in total. The maximum atomic E-state index is 11.0. The number of hydrogen-bond acceptors (Lipinski definition) is 3. The predicted octanol–water partition coefficient (Wildman–Crippen LogP) is 2.81.